The smallest absolute Gasteiger partial charge is 0.252 e. The molecular formula is C26H31ClFN5O2S. The molecule has 1 atom stereocenters. The SMILES string of the molecule is CCN1C(=O)C(CC(=O)Nc2ccc(Cl)cc2)N(CCCN2CCN(c3ccc(F)cc3)CC2)C1=S. The standard InChI is InChI=1S/C26H31ClFN5O2S/c1-2-32-25(35)23(18-24(34)29-21-8-4-19(27)5-9-21)33(26(32)36)13-3-12-30-14-16-31(17-15-30)22-10-6-20(28)7-11-22/h4-11,23H,2-3,12-18H2,1H3,(H,29,34). The van der Waals surface area contributed by atoms with E-state index < -0.39 is 6.04 Å². The first-order valence-corrected chi connectivity index (χ1v) is 13.0. The number of likely N-dealkylation sites (N-methyl/N-ethyl adjacent to an activating group) is 1. The molecule has 192 valence electrons. The van der Waals surface area contributed by atoms with Crippen molar-refractivity contribution in [3.8, 4) is 0 Å². The van der Waals surface area contributed by atoms with Gasteiger partial charge in [-0.25, -0.2) is 4.39 Å². The van der Waals surface area contributed by atoms with Crippen molar-refractivity contribution in [2.24, 2.45) is 0 Å². The second kappa shape index (κ2) is 12.0. The minimum absolute atomic E-state index is 0.0362. The molecule has 10 heteroatoms. The molecule has 36 heavy (non-hydrogen) atoms. The maximum absolute atomic E-state index is 13.2. The molecule has 0 aliphatic carbocycles. The van der Waals surface area contributed by atoms with Crippen molar-refractivity contribution in [3.63, 3.8) is 0 Å². The predicted molar refractivity (Wildman–Crippen MR) is 145 cm³/mol. The van der Waals surface area contributed by atoms with Gasteiger partial charge in [-0.2, -0.15) is 0 Å². The van der Waals surface area contributed by atoms with Crippen LogP contribution in [-0.4, -0.2) is 83.5 Å². The highest BCUT2D eigenvalue weighted by Crippen LogP contribution is 2.23. The average molecular weight is 532 g/mol. The summed E-state index contributed by atoms with van der Waals surface area (Å²) in [7, 11) is 0. The lowest BCUT2D eigenvalue weighted by molar-refractivity contribution is -0.130. The third-order valence-electron chi connectivity index (χ3n) is 6.66. The number of carbonyl (C=O) groups excluding carboxylic acids is 2. The summed E-state index contributed by atoms with van der Waals surface area (Å²) in [6.07, 6.45) is 0.866. The summed E-state index contributed by atoms with van der Waals surface area (Å²) in [4.78, 5) is 33.9. The average Bonchev–Trinajstić information content (AvgIpc) is 3.09. The Bertz CT molecular complexity index is 1080. The fourth-order valence-electron chi connectivity index (χ4n) is 4.70. The van der Waals surface area contributed by atoms with Crippen LogP contribution < -0.4 is 10.2 Å². The first kappa shape index (κ1) is 26.3. The van der Waals surface area contributed by atoms with E-state index in [0.29, 0.717) is 28.9 Å². The predicted octanol–water partition coefficient (Wildman–Crippen LogP) is 3.84. The van der Waals surface area contributed by atoms with Crippen molar-refractivity contribution in [2.75, 3.05) is 56.0 Å². The van der Waals surface area contributed by atoms with Gasteiger partial charge in [0.2, 0.25) is 5.91 Å². The Morgan fingerprint density at radius 3 is 2.36 bits per heavy atom. The lowest BCUT2D eigenvalue weighted by Crippen LogP contribution is -2.47. The van der Waals surface area contributed by atoms with E-state index in [-0.39, 0.29) is 24.1 Å². The van der Waals surface area contributed by atoms with Crippen LogP contribution in [0.2, 0.25) is 5.02 Å². The maximum atomic E-state index is 13.2. The fraction of sp³-hybridized carbons (Fsp3) is 0.423. The molecule has 0 saturated carbocycles. The number of amides is 2. The first-order chi connectivity index (χ1) is 17.4. The van der Waals surface area contributed by atoms with Gasteiger partial charge < -0.3 is 15.1 Å². The van der Waals surface area contributed by atoms with Crippen molar-refractivity contribution in [3.05, 3.63) is 59.4 Å². The van der Waals surface area contributed by atoms with Gasteiger partial charge in [0.1, 0.15) is 11.9 Å². The number of benzene rings is 2. The molecule has 1 N–H and O–H groups in total. The number of thiocarbonyl (C=S) groups is 1. The lowest BCUT2D eigenvalue weighted by atomic mass is 10.1. The number of anilines is 2. The van der Waals surface area contributed by atoms with Crippen LogP contribution in [0, 0.1) is 5.82 Å². The zero-order valence-corrected chi connectivity index (χ0v) is 21.9. The van der Waals surface area contributed by atoms with Crippen LogP contribution in [0.25, 0.3) is 0 Å². The van der Waals surface area contributed by atoms with Crippen LogP contribution in [-0.2, 0) is 9.59 Å². The first-order valence-electron chi connectivity index (χ1n) is 12.3. The monoisotopic (exact) mass is 531 g/mol. The summed E-state index contributed by atoms with van der Waals surface area (Å²) in [5.74, 6) is -0.585. The normalized spacial score (nSPS) is 18.8. The largest absolute Gasteiger partial charge is 0.369 e. The van der Waals surface area contributed by atoms with Gasteiger partial charge in [0.05, 0.1) is 6.42 Å². The number of nitrogens with one attached hydrogen (secondary N) is 1. The Hall–Kier alpha value is -2.75. The highest BCUT2D eigenvalue weighted by molar-refractivity contribution is 7.80. The Morgan fingerprint density at radius 1 is 1.06 bits per heavy atom. The third kappa shape index (κ3) is 6.32. The van der Waals surface area contributed by atoms with Crippen molar-refractivity contribution in [2.45, 2.75) is 25.8 Å². The van der Waals surface area contributed by atoms with E-state index in [9.17, 15) is 14.0 Å². The molecular weight excluding hydrogens is 501 g/mol. The van der Waals surface area contributed by atoms with E-state index in [4.69, 9.17) is 23.8 Å². The summed E-state index contributed by atoms with van der Waals surface area (Å²) in [5.41, 5.74) is 1.67. The Morgan fingerprint density at radius 2 is 1.72 bits per heavy atom. The highest BCUT2D eigenvalue weighted by atomic mass is 35.5. The second-order valence-electron chi connectivity index (χ2n) is 8.99. The molecule has 7 nitrogen and oxygen atoms in total. The minimum Gasteiger partial charge on any atom is -0.369 e. The second-order valence-corrected chi connectivity index (χ2v) is 9.79. The van der Waals surface area contributed by atoms with Gasteiger partial charge in [-0.1, -0.05) is 11.6 Å². The Kier molecular flexibility index (Phi) is 8.77. The Balaban J connectivity index is 1.28. The number of nitrogens with zero attached hydrogens (tertiary/aromatic N) is 4. The van der Waals surface area contributed by atoms with Crippen LogP contribution in [0.4, 0.5) is 15.8 Å². The number of carbonyl (C=O) groups is 2. The van der Waals surface area contributed by atoms with E-state index in [1.807, 2.05) is 24.0 Å². The molecule has 2 aliphatic rings. The van der Waals surface area contributed by atoms with Gasteiger partial charge in [-0.05, 0) is 80.6 Å². The van der Waals surface area contributed by atoms with Crippen LogP contribution >= 0.6 is 23.8 Å². The molecule has 2 saturated heterocycles. The summed E-state index contributed by atoms with van der Waals surface area (Å²) in [5, 5.41) is 3.92. The molecule has 2 aromatic rings. The molecule has 2 heterocycles. The molecule has 2 fully saturated rings. The van der Waals surface area contributed by atoms with E-state index in [0.717, 1.165) is 44.8 Å². The molecule has 4 rings (SSSR count). The van der Waals surface area contributed by atoms with Crippen LogP contribution in [0.1, 0.15) is 19.8 Å². The van der Waals surface area contributed by atoms with Gasteiger partial charge in [0.25, 0.3) is 5.91 Å². The Labute approximate surface area is 221 Å². The molecule has 0 bridgehead atoms. The van der Waals surface area contributed by atoms with Crippen LogP contribution in [0.15, 0.2) is 48.5 Å². The fourth-order valence-corrected chi connectivity index (χ4v) is 5.27. The van der Waals surface area contributed by atoms with Crippen LogP contribution in [0.5, 0.6) is 0 Å². The number of piperazine rings is 1. The number of halogens is 2. The summed E-state index contributed by atoms with van der Waals surface area (Å²) < 4.78 is 13.2. The van der Waals surface area contributed by atoms with E-state index >= 15 is 0 Å². The molecule has 0 aromatic heterocycles. The van der Waals surface area contributed by atoms with Gasteiger partial charge in [-0.15, -0.1) is 0 Å². The number of hydrogen-bond acceptors (Lipinski definition) is 5. The molecule has 2 aromatic carbocycles. The zero-order valence-electron chi connectivity index (χ0n) is 20.3. The van der Waals surface area contributed by atoms with E-state index in [1.165, 1.54) is 12.1 Å². The molecule has 2 amide bonds. The van der Waals surface area contributed by atoms with Crippen molar-refractivity contribution in [1.29, 1.82) is 0 Å². The lowest BCUT2D eigenvalue weighted by Gasteiger charge is -2.36. The minimum atomic E-state index is -0.597. The topological polar surface area (TPSA) is 59.1 Å². The number of hydrogen-bond donors (Lipinski definition) is 1. The van der Waals surface area contributed by atoms with Crippen molar-refractivity contribution < 1.29 is 14.0 Å². The maximum Gasteiger partial charge on any atom is 0.252 e. The molecule has 1 unspecified atom stereocenters. The summed E-state index contributed by atoms with van der Waals surface area (Å²) in [6, 6.07) is 12.9. The van der Waals surface area contributed by atoms with Crippen molar-refractivity contribution >= 4 is 52.1 Å². The van der Waals surface area contributed by atoms with Gasteiger partial charge in [-0.3, -0.25) is 19.4 Å². The summed E-state index contributed by atoms with van der Waals surface area (Å²) >= 11 is 11.5. The zero-order chi connectivity index (χ0) is 25.7. The van der Waals surface area contributed by atoms with E-state index in [1.54, 1.807) is 29.2 Å². The number of rotatable bonds is 9. The van der Waals surface area contributed by atoms with Crippen molar-refractivity contribution in [1.82, 2.24) is 14.7 Å². The van der Waals surface area contributed by atoms with Gasteiger partial charge in [0, 0.05) is 55.7 Å². The third-order valence-corrected chi connectivity index (χ3v) is 7.37. The van der Waals surface area contributed by atoms with Crippen LogP contribution in [0.3, 0.4) is 0 Å². The summed E-state index contributed by atoms with van der Waals surface area (Å²) in [6.45, 7) is 7.43. The molecule has 2 aliphatic heterocycles. The molecule has 0 spiro atoms. The van der Waals surface area contributed by atoms with Gasteiger partial charge in [0.15, 0.2) is 5.11 Å². The quantitative estimate of drug-likeness (QED) is 0.496. The molecule has 0 radical (unpaired) electrons. The van der Waals surface area contributed by atoms with Gasteiger partial charge >= 0.3 is 0 Å². The van der Waals surface area contributed by atoms with E-state index in [2.05, 4.69) is 15.1 Å². The highest BCUT2D eigenvalue weighted by Gasteiger charge is 2.42.